The number of amides is 2. The van der Waals surface area contributed by atoms with Crippen LogP contribution in [0.2, 0.25) is 0 Å². The number of hydrogen-bond acceptors (Lipinski definition) is 4. The third kappa shape index (κ3) is 4.34. The Morgan fingerprint density at radius 2 is 1.81 bits per heavy atom. The second-order valence-corrected chi connectivity index (χ2v) is 9.45. The fourth-order valence-corrected chi connectivity index (χ4v) is 5.36. The molecule has 0 bridgehead atoms. The Bertz CT molecular complexity index is 1370. The van der Waals surface area contributed by atoms with E-state index in [-0.39, 0.29) is 23.8 Å². The minimum Gasteiger partial charge on any atom is -0.331 e. The van der Waals surface area contributed by atoms with E-state index in [1.165, 1.54) is 23.3 Å². The van der Waals surface area contributed by atoms with Crippen LogP contribution in [0.3, 0.4) is 0 Å². The van der Waals surface area contributed by atoms with E-state index in [0.717, 1.165) is 49.2 Å². The number of benzene rings is 2. The summed E-state index contributed by atoms with van der Waals surface area (Å²) < 4.78 is 15.3. The molecule has 2 atom stereocenters. The molecule has 2 aromatic carbocycles. The van der Waals surface area contributed by atoms with Gasteiger partial charge in [0, 0.05) is 37.0 Å². The first-order valence-corrected chi connectivity index (χ1v) is 12.4. The van der Waals surface area contributed by atoms with Gasteiger partial charge in [-0.3, -0.25) is 0 Å². The number of likely N-dealkylation sites (tertiary alicyclic amines) is 1. The lowest BCUT2D eigenvalue weighted by Crippen LogP contribution is -2.46. The van der Waals surface area contributed by atoms with Gasteiger partial charge in [-0.15, -0.1) is 0 Å². The number of carbonyl (C=O) groups is 1. The molecule has 2 aliphatic rings. The van der Waals surface area contributed by atoms with Gasteiger partial charge in [-0.2, -0.15) is 5.10 Å². The molecule has 1 fully saturated rings. The average Bonchev–Trinajstić information content (AvgIpc) is 3.55. The lowest BCUT2D eigenvalue weighted by atomic mass is 9.94. The van der Waals surface area contributed by atoms with Crippen LogP contribution >= 0.6 is 0 Å². The first kappa shape index (κ1) is 22.4. The van der Waals surface area contributed by atoms with E-state index in [1.807, 2.05) is 17.0 Å². The maximum atomic E-state index is 13.5. The fraction of sp³-hybridized carbons (Fsp3) is 0.286. The van der Waals surface area contributed by atoms with Gasteiger partial charge in [-0.1, -0.05) is 24.3 Å². The van der Waals surface area contributed by atoms with Crippen LogP contribution in [0.1, 0.15) is 48.0 Å². The Hall–Kier alpha value is -4.07. The zero-order chi connectivity index (χ0) is 24.5. The molecule has 1 unspecified atom stereocenters. The number of halogens is 1. The van der Waals surface area contributed by atoms with Crippen LogP contribution < -0.4 is 5.32 Å². The van der Waals surface area contributed by atoms with Crippen molar-refractivity contribution in [2.24, 2.45) is 0 Å². The molecule has 36 heavy (non-hydrogen) atoms. The van der Waals surface area contributed by atoms with Gasteiger partial charge in [-0.05, 0) is 73.2 Å². The number of rotatable bonds is 4. The van der Waals surface area contributed by atoms with E-state index in [4.69, 9.17) is 5.10 Å². The van der Waals surface area contributed by atoms with Crippen LogP contribution in [0.15, 0.2) is 73.1 Å². The van der Waals surface area contributed by atoms with Crippen LogP contribution in [-0.4, -0.2) is 43.8 Å². The average molecular weight is 483 g/mol. The molecule has 6 rings (SSSR count). The van der Waals surface area contributed by atoms with E-state index in [9.17, 15) is 9.18 Å². The van der Waals surface area contributed by atoms with Crippen LogP contribution in [0.25, 0.3) is 17.2 Å². The third-order valence-electron chi connectivity index (χ3n) is 7.18. The number of nitrogens with one attached hydrogen (secondary N) is 1. The summed E-state index contributed by atoms with van der Waals surface area (Å²) in [5.74, 6) is 0.263. The SMILES string of the molecule is O=C(N[C@H]1CCc2ccccc21)N1CCCC(c2cc(-c3ccc(F)cc3)nn2-c2ncccn2)C1. The van der Waals surface area contributed by atoms with E-state index >= 15 is 0 Å². The minimum absolute atomic E-state index is 0.0258. The van der Waals surface area contributed by atoms with Crippen LogP contribution in [0, 0.1) is 5.82 Å². The van der Waals surface area contributed by atoms with Crippen LogP contribution in [0.5, 0.6) is 0 Å². The zero-order valence-corrected chi connectivity index (χ0v) is 19.8. The van der Waals surface area contributed by atoms with Gasteiger partial charge in [0.05, 0.1) is 17.4 Å². The van der Waals surface area contributed by atoms with E-state index in [0.29, 0.717) is 12.5 Å². The molecular formula is C28H27FN6O. The normalized spacial score (nSPS) is 19.2. The van der Waals surface area contributed by atoms with Crippen molar-refractivity contribution < 1.29 is 9.18 Å². The van der Waals surface area contributed by atoms with Gasteiger partial charge >= 0.3 is 6.03 Å². The number of piperidine rings is 1. The predicted octanol–water partition coefficient (Wildman–Crippen LogP) is 5.04. The van der Waals surface area contributed by atoms with Crippen LogP contribution in [-0.2, 0) is 6.42 Å². The molecule has 0 radical (unpaired) electrons. The van der Waals surface area contributed by atoms with E-state index in [1.54, 1.807) is 35.3 Å². The zero-order valence-electron chi connectivity index (χ0n) is 19.8. The number of nitrogens with zero attached hydrogens (tertiary/aromatic N) is 5. The summed E-state index contributed by atoms with van der Waals surface area (Å²) in [6.07, 6.45) is 7.12. The molecule has 1 saturated heterocycles. The highest BCUT2D eigenvalue weighted by Crippen LogP contribution is 2.33. The molecule has 1 N–H and O–H groups in total. The van der Waals surface area contributed by atoms with Gasteiger partial charge in [0.2, 0.25) is 0 Å². The smallest absolute Gasteiger partial charge is 0.317 e. The number of fused-ring (bicyclic) bond motifs is 1. The molecule has 2 aromatic heterocycles. The fourth-order valence-electron chi connectivity index (χ4n) is 5.36. The molecule has 0 saturated carbocycles. The van der Waals surface area contributed by atoms with Crippen molar-refractivity contribution in [3.63, 3.8) is 0 Å². The van der Waals surface area contributed by atoms with E-state index < -0.39 is 0 Å². The Balaban J connectivity index is 1.26. The third-order valence-corrected chi connectivity index (χ3v) is 7.18. The number of aryl methyl sites for hydroxylation is 1. The monoisotopic (exact) mass is 482 g/mol. The van der Waals surface area contributed by atoms with Crippen molar-refractivity contribution in [2.45, 2.75) is 37.6 Å². The van der Waals surface area contributed by atoms with Gasteiger partial charge < -0.3 is 10.2 Å². The molecule has 1 aliphatic heterocycles. The maximum absolute atomic E-state index is 13.5. The van der Waals surface area contributed by atoms with Gasteiger partial charge in [0.1, 0.15) is 5.82 Å². The van der Waals surface area contributed by atoms with Gasteiger partial charge in [0.15, 0.2) is 0 Å². The topological polar surface area (TPSA) is 75.9 Å². The summed E-state index contributed by atoms with van der Waals surface area (Å²) in [6.45, 7) is 1.30. The van der Waals surface area contributed by atoms with Crippen molar-refractivity contribution >= 4 is 6.03 Å². The predicted molar refractivity (Wildman–Crippen MR) is 134 cm³/mol. The molecule has 7 nitrogen and oxygen atoms in total. The lowest BCUT2D eigenvalue weighted by molar-refractivity contribution is 0.175. The first-order valence-electron chi connectivity index (χ1n) is 12.4. The highest BCUT2D eigenvalue weighted by molar-refractivity contribution is 5.75. The van der Waals surface area contributed by atoms with Crippen molar-refractivity contribution in [1.29, 1.82) is 0 Å². The van der Waals surface area contributed by atoms with Gasteiger partial charge in [0.25, 0.3) is 5.95 Å². The highest BCUT2D eigenvalue weighted by Gasteiger charge is 2.31. The molecule has 3 heterocycles. The summed E-state index contributed by atoms with van der Waals surface area (Å²) >= 11 is 0. The van der Waals surface area contributed by atoms with Gasteiger partial charge in [-0.25, -0.2) is 23.8 Å². The van der Waals surface area contributed by atoms with Crippen molar-refractivity contribution in [3.8, 4) is 17.2 Å². The molecule has 2 amide bonds. The summed E-state index contributed by atoms with van der Waals surface area (Å²) in [7, 11) is 0. The second-order valence-electron chi connectivity index (χ2n) is 9.45. The largest absolute Gasteiger partial charge is 0.331 e. The van der Waals surface area contributed by atoms with Crippen molar-refractivity contribution in [1.82, 2.24) is 30.0 Å². The maximum Gasteiger partial charge on any atom is 0.317 e. The Kier molecular flexibility index (Phi) is 5.93. The molecule has 182 valence electrons. The summed E-state index contributed by atoms with van der Waals surface area (Å²) in [5.41, 5.74) is 5.03. The number of urea groups is 1. The summed E-state index contributed by atoms with van der Waals surface area (Å²) in [4.78, 5) is 24.0. The molecular weight excluding hydrogens is 455 g/mol. The number of hydrogen-bond donors (Lipinski definition) is 1. The molecule has 1 aliphatic carbocycles. The second kappa shape index (κ2) is 9.53. The molecule has 0 spiro atoms. The Morgan fingerprint density at radius 1 is 1.00 bits per heavy atom. The number of aromatic nitrogens is 4. The number of carbonyl (C=O) groups excluding carboxylic acids is 1. The van der Waals surface area contributed by atoms with Crippen LogP contribution in [0.4, 0.5) is 9.18 Å². The summed E-state index contributed by atoms with van der Waals surface area (Å²) in [5, 5.41) is 8.05. The Morgan fingerprint density at radius 3 is 2.64 bits per heavy atom. The quantitative estimate of drug-likeness (QED) is 0.442. The highest BCUT2D eigenvalue weighted by atomic mass is 19.1. The lowest BCUT2D eigenvalue weighted by Gasteiger charge is -2.33. The standard InChI is InChI=1S/C28H27FN6O/c29-22-11-8-20(9-12-22)25-17-26(35(33-25)27-30-14-4-15-31-27)21-6-3-16-34(18-21)28(36)32-24-13-10-19-5-1-2-7-23(19)24/h1-2,4-5,7-9,11-12,14-15,17,21,24H,3,6,10,13,16,18H2,(H,32,36)/t21?,24-/m0/s1. The van der Waals surface area contributed by atoms with Crippen molar-refractivity contribution in [3.05, 3.63) is 95.7 Å². The minimum atomic E-state index is -0.288. The van der Waals surface area contributed by atoms with E-state index in [2.05, 4.69) is 33.5 Å². The van der Waals surface area contributed by atoms with Crippen molar-refractivity contribution in [2.75, 3.05) is 13.1 Å². The molecule has 8 heteroatoms. The molecule has 4 aromatic rings. The first-order chi connectivity index (χ1) is 17.7. The Labute approximate surface area is 209 Å². The summed E-state index contributed by atoms with van der Waals surface area (Å²) in [6, 6.07) is 18.5.